The van der Waals surface area contributed by atoms with Gasteiger partial charge in [-0.3, -0.25) is 0 Å². The van der Waals surface area contributed by atoms with E-state index >= 15 is 0 Å². The molecular formula is C29H34N2O3. The van der Waals surface area contributed by atoms with Crippen molar-refractivity contribution in [2.75, 3.05) is 6.61 Å². The zero-order valence-corrected chi connectivity index (χ0v) is 20.2. The van der Waals surface area contributed by atoms with Crippen molar-refractivity contribution in [1.29, 1.82) is 0 Å². The summed E-state index contributed by atoms with van der Waals surface area (Å²) in [6.45, 7) is 4.78. The minimum Gasteiger partial charge on any atom is -0.494 e. The Morgan fingerprint density at radius 1 is 0.882 bits per heavy atom. The number of esters is 1. The summed E-state index contributed by atoms with van der Waals surface area (Å²) in [5.74, 6) is 2.98. The van der Waals surface area contributed by atoms with Crippen LogP contribution in [0.4, 0.5) is 0 Å². The Hall–Kier alpha value is -3.21. The molecule has 34 heavy (non-hydrogen) atoms. The quantitative estimate of drug-likeness (QED) is 0.250. The second-order valence-electron chi connectivity index (χ2n) is 9.07. The predicted molar refractivity (Wildman–Crippen MR) is 134 cm³/mol. The number of aromatic nitrogens is 2. The Kier molecular flexibility index (Phi) is 8.29. The van der Waals surface area contributed by atoms with Gasteiger partial charge in [0.2, 0.25) is 0 Å². The lowest BCUT2D eigenvalue weighted by Crippen LogP contribution is -2.13. The van der Waals surface area contributed by atoms with Crippen LogP contribution in [0.5, 0.6) is 11.5 Å². The highest BCUT2D eigenvalue weighted by atomic mass is 16.5. The lowest BCUT2D eigenvalue weighted by atomic mass is 9.78. The highest BCUT2D eigenvalue weighted by Crippen LogP contribution is 2.37. The molecule has 1 heterocycles. The Morgan fingerprint density at radius 2 is 1.53 bits per heavy atom. The van der Waals surface area contributed by atoms with E-state index in [1.165, 1.54) is 50.5 Å². The smallest absolute Gasteiger partial charge is 0.343 e. The molecule has 178 valence electrons. The molecule has 0 N–H and O–H groups in total. The van der Waals surface area contributed by atoms with Crippen LogP contribution in [0.2, 0.25) is 0 Å². The zero-order valence-electron chi connectivity index (χ0n) is 20.2. The first-order valence-electron chi connectivity index (χ1n) is 12.5. The zero-order chi connectivity index (χ0) is 23.8. The summed E-state index contributed by atoms with van der Waals surface area (Å²) >= 11 is 0. The van der Waals surface area contributed by atoms with Gasteiger partial charge in [0.15, 0.2) is 5.82 Å². The van der Waals surface area contributed by atoms with Gasteiger partial charge in [-0.25, -0.2) is 14.8 Å². The largest absolute Gasteiger partial charge is 0.494 e. The van der Waals surface area contributed by atoms with E-state index < -0.39 is 5.97 Å². The van der Waals surface area contributed by atoms with E-state index in [-0.39, 0.29) is 0 Å². The first-order chi connectivity index (χ1) is 16.7. The maximum atomic E-state index is 12.4. The minimum absolute atomic E-state index is 0.402. The first kappa shape index (κ1) is 23.9. The molecule has 0 spiro atoms. The maximum Gasteiger partial charge on any atom is 0.343 e. The SMILES string of the molecule is CCCCC1CCC(c2cnc(-c3ccc(OC(=O)c4ccc(OCC)cc4)cc3)nc2)CC1. The van der Waals surface area contributed by atoms with Gasteiger partial charge in [-0.2, -0.15) is 0 Å². The number of rotatable bonds is 9. The molecule has 2 aromatic carbocycles. The summed E-state index contributed by atoms with van der Waals surface area (Å²) < 4.78 is 10.9. The average Bonchev–Trinajstić information content (AvgIpc) is 2.89. The van der Waals surface area contributed by atoms with Crippen LogP contribution < -0.4 is 9.47 Å². The predicted octanol–water partition coefficient (Wildman–Crippen LogP) is 7.23. The van der Waals surface area contributed by atoms with Gasteiger partial charge in [0, 0.05) is 18.0 Å². The van der Waals surface area contributed by atoms with E-state index in [0.717, 1.165) is 17.2 Å². The summed E-state index contributed by atoms with van der Waals surface area (Å²) in [7, 11) is 0. The van der Waals surface area contributed by atoms with Gasteiger partial charge >= 0.3 is 5.97 Å². The van der Waals surface area contributed by atoms with Gasteiger partial charge in [0.1, 0.15) is 11.5 Å². The summed E-state index contributed by atoms with van der Waals surface area (Å²) in [6, 6.07) is 14.3. The first-order valence-corrected chi connectivity index (χ1v) is 12.5. The maximum absolute atomic E-state index is 12.4. The number of unbranched alkanes of at least 4 members (excludes halogenated alkanes) is 1. The van der Waals surface area contributed by atoms with Crippen molar-refractivity contribution in [2.24, 2.45) is 5.92 Å². The van der Waals surface area contributed by atoms with Gasteiger partial charge in [0.05, 0.1) is 12.2 Å². The molecule has 4 rings (SSSR count). The second kappa shape index (κ2) is 11.8. The molecular weight excluding hydrogens is 424 g/mol. The van der Waals surface area contributed by atoms with Crippen LogP contribution in [0.25, 0.3) is 11.4 Å². The van der Waals surface area contributed by atoms with Crippen molar-refractivity contribution >= 4 is 5.97 Å². The van der Waals surface area contributed by atoms with E-state index in [1.807, 2.05) is 31.5 Å². The fourth-order valence-corrected chi connectivity index (χ4v) is 4.67. The summed E-state index contributed by atoms with van der Waals surface area (Å²) in [5.41, 5.74) is 2.63. The van der Waals surface area contributed by atoms with Crippen LogP contribution in [0.1, 0.15) is 80.6 Å². The number of hydrogen-bond donors (Lipinski definition) is 0. The molecule has 5 heteroatoms. The van der Waals surface area contributed by atoms with E-state index in [4.69, 9.17) is 9.47 Å². The van der Waals surface area contributed by atoms with Crippen molar-refractivity contribution in [3.8, 4) is 22.9 Å². The van der Waals surface area contributed by atoms with Crippen molar-refractivity contribution in [3.05, 3.63) is 72.1 Å². The highest BCUT2D eigenvalue weighted by Gasteiger charge is 2.22. The van der Waals surface area contributed by atoms with Gasteiger partial charge in [-0.05, 0) is 98.5 Å². The lowest BCUT2D eigenvalue weighted by molar-refractivity contribution is 0.0734. The standard InChI is InChI=1S/C29H34N2O3/c1-3-5-6-21-7-9-22(10-8-21)25-19-30-28(31-20-25)23-11-17-27(18-12-23)34-29(32)24-13-15-26(16-14-24)33-4-2/h11-22H,3-10H2,1-2H3. The van der Waals surface area contributed by atoms with Crippen LogP contribution in [0, 0.1) is 5.92 Å². The molecule has 1 fully saturated rings. The van der Waals surface area contributed by atoms with Crippen LogP contribution >= 0.6 is 0 Å². The monoisotopic (exact) mass is 458 g/mol. The highest BCUT2D eigenvalue weighted by molar-refractivity contribution is 5.91. The van der Waals surface area contributed by atoms with Crippen molar-refractivity contribution in [3.63, 3.8) is 0 Å². The fraction of sp³-hybridized carbons (Fsp3) is 0.414. The summed E-state index contributed by atoms with van der Waals surface area (Å²) in [6.07, 6.45) is 13.1. The third kappa shape index (κ3) is 6.22. The van der Waals surface area contributed by atoms with Crippen molar-refractivity contribution < 1.29 is 14.3 Å². The van der Waals surface area contributed by atoms with Crippen LogP contribution in [0.15, 0.2) is 60.9 Å². The van der Waals surface area contributed by atoms with E-state index in [0.29, 0.717) is 29.7 Å². The van der Waals surface area contributed by atoms with Crippen LogP contribution in [-0.2, 0) is 0 Å². The number of nitrogens with zero attached hydrogens (tertiary/aromatic N) is 2. The molecule has 0 atom stereocenters. The summed E-state index contributed by atoms with van der Waals surface area (Å²) in [5, 5.41) is 0. The van der Waals surface area contributed by atoms with Gasteiger partial charge < -0.3 is 9.47 Å². The number of benzene rings is 2. The Balaban J connectivity index is 1.32. The molecule has 0 unspecified atom stereocenters. The number of carbonyl (C=O) groups is 1. The molecule has 0 radical (unpaired) electrons. The van der Waals surface area contributed by atoms with E-state index in [9.17, 15) is 4.79 Å². The average molecular weight is 459 g/mol. The Morgan fingerprint density at radius 3 is 2.15 bits per heavy atom. The second-order valence-corrected chi connectivity index (χ2v) is 9.07. The Labute approximate surface area is 202 Å². The number of carbonyl (C=O) groups excluding carboxylic acids is 1. The lowest BCUT2D eigenvalue weighted by Gasteiger charge is -2.28. The van der Waals surface area contributed by atoms with Gasteiger partial charge in [-0.1, -0.05) is 26.2 Å². The molecule has 1 aliphatic carbocycles. The normalized spacial score (nSPS) is 17.8. The van der Waals surface area contributed by atoms with Crippen LogP contribution in [-0.4, -0.2) is 22.5 Å². The fourth-order valence-electron chi connectivity index (χ4n) is 4.67. The molecule has 1 aromatic heterocycles. The molecule has 5 nitrogen and oxygen atoms in total. The topological polar surface area (TPSA) is 61.3 Å². The van der Waals surface area contributed by atoms with Crippen LogP contribution in [0.3, 0.4) is 0 Å². The Bertz CT molecular complexity index is 1040. The molecule has 0 saturated heterocycles. The third-order valence-electron chi connectivity index (χ3n) is 6.68. The van der Waals surface area contributed by atoms with Gasteiger partial charge in [0.25, 0.3) is 0 Å². The van der Waals surface area contributed by atoms with Gasteiger partial charge in [-0.15, -0.1) is 0 Å². The molecule has 3 aromatic rings. The van der Waals surface area contributed by atoms with E-state index in [1.54, 1.807) is 36.4 Å². The van der Waals surface area contributed by atoms with E-state index in [2.05, 4.69) is 16.9 Å². The van der Waals surface area contributed by atoms with Crippen molar-refractivity contribution in [1.82, 2.24) is 9.97 Å². The molecule has 0 aliphatic heterocycles. The van der Waals surface area contributed by atoms with Crippen molar-refractivity contribution in [2.45, 2.75) is 64.7 Å². The molecule has 0 amide bonds. The molecule has 1 aliphatic rings. The molecule has 1 saturated carbocycles. The summed E-state index contributed by atoms with van der Waals surface area (Å²) in [4.78, 5) is 21.7. The number of ether oxygens (including phenoxy) is 2. The number of hydrogen-bond acceptors (Lipinski definition) is 5. The third-order valence-corrected chi connectivity index (χ3v) is 6.68. The minimum atomic E-state index is -0.402. The molecule has 0 bridgehead atoms.